The normalized spacial score (nSPS) is 13.3. The molecule has 1 aromatic rings. The SMILES string of the molecule is COc1cc(C(C)NC(=O)C(C)(C)C)sn1. The van der Waals surface area contributed by atoms with Gasteiger partial charge in [-0.2, -0.15) is 4.37 Å². The lowest BCUT2D eigenvalue weighted by atomic mass is 9.95. The number of ether oxygens (including phenoxy) is 1. The van der Waals surface area contributed by atoms with E-state index in [-0.39, 0.29) is 17.4 Å². The maximum Gasteiger partial charge on any atom is 0.225 e. The van der Waals surface area contributed by atoms with Gasteiger partial charge in [-0.15, -0.1) is 0 Å². The molecule has 0 aliphatic carbocycles. The van der Waals surface area contributed by atoms with Gasteiger partial charge in [0.1, 0.15) is 0 Å². The summed E-state index contributed by atoms with van der Waals surface area (Å²) in [6, 6.07) is 1.81. The van der Waals surface area contributed by atoms with Gasteiger partial charge >= 0.3 is 0 Å². The zero-order valence-corrected chi connectivity index (χ0v) is 11.1. The van der Waals surface area contributed by atoms with E-state index in [0.29, 0.717) is 5.88 Å². The van der Waals surface area contributed by atoms with Crippen molar-refractivity contribution < 1.29 is 9.53 Å². The number of aromatic nitrogens is 1. The molecule has 90 valence electrons. The molecule has 4 nitrogen and oxygen atoms in total. The fourth-order valence-corrected chi connectivity index (χ4v) is 1.75. The van der Waals surface area contributed by atoms with Crippen molar-refractivity contribution in [1.82, 2.24) is 9.69 Å². The van der Waals surface area contributed by atoms with Crippen molar-refractivity contribution in [2.24, 2.45) is 5.41 Å². The Morgan fingerprint density at radius 1 is 1.56 bits per heavy atom. The summed E-state index contributed by atoms with van der Waals surface area (Å²) in [5.74, 6) is 0.629. The van der Waals surface area contributed by atoms with Gasteiger partial charge < -0.3 is 10.1 Å². The highest BCUT2D eigenvalue weighted by molar-refractivity contribution is 7.06. The third-order valence-corrected chi connectivity index (χ3v) is 3.12. The van der Waals surface area contributed by atoms with Crippen LogP contribution in [0.3, 0.4) is 0 Å². The average molecular weight is 242 g/mol. The van der Waals surface area contributed by atoms with Crippen LogP contribution in [-0.2, 0) is 4.79 Å². The molecule has 5 heteroatoms. The number of nitrogens with one attached hydrogen (secondary N) is 1. The summed E-state index contributed by atoms with van der Waals surface area (Å²) in [5.41, 5.74) is -0.372. The zero-order valence-electron chi connectivity index (χ0n) is 10.3. The lowest BCUT2D eigenvalue weighted by molar-refractivity contribution is -0.129. The van der Waals surface area contributed by atoms with Crippen molar-refractivity contribution in [1.29, 1.82) is 0 Å². The number of carbonyl (C=O) groups excluding carboxylic acids is 1. The van der Waals surface area contributed by atoms with Crippen LogP contribution in [0.4, 0.5) is 0 Å². The van der Waals surface area contributed by atoms with E-state index in [4.69, 9.17) is 4.74 Å². The topological polar surface area (TPSA) is 51.2 Å². The lowest BCUT2D eigenvalue weighted by Gasteiger charge is -2.20. The molecule has 0 aliphatic rings. The smallest absolute Gasteiger partial charge is 0.225 e. The molecule has 0 aliphatic heterocycles. The Bertz CT molecular complexity index is 368. The first kappa shape index (κ1) is 13.0. The van der Waals surface area contributed by atoms with Crippen molar-refractivity contribution in [2.75, 3.05) is 7.11 Å². The second kappa shape index (κ2) is 4.82. The summed E-state index contributed by atoms with van der Waals surface area (Å²) < 4.78 is 9.10. The molecule has 1 amide bonds. The summed E-state index contributed by atoms with van der Waals surface area (Å²) in [5, 5.41) is 2.95. The monoisotopic (exact) mass is 242 g/mol. The molecule has 0 radical (unpaired) electrons. The summed E-state index contributed by atoms with van der Waals surface area (Å²) in [7, 11) is 1.58. The van der Waals surface area contributed by atoms with E-state index in [1.807, 2.05) is 33.8 Å². The molecule has 1 heterocycles. The molecule has 1 aromatic heterocycles. The minimum Gasteiger partial charge on any atom is -0.480 e. The van der Waals surface area contributed by atoms with Crippen molar-refractivity contribution in [3.8, 4) is 5.88 Å². The predicted octanol–water partition coefficient (Wildman–Crippen LogP) is 2.38. The summed E-state index contributed by atoms with van der Waals surface area (Å²) >= 11 is 1.35. The van der Waals surface area contributed by atoms with E-state index in [0.717, 1.165) is 4.88 Å². The quantitative estimate of drug-likeness (QED) is 0.885. The summed E-state index contributed by atoms with van der Waals surface area (Å²) in [4.78, 5) is 12.8. The van der Waals surface area contributed by atoms with E-state index in [1.54, 1.807) is 7.11 Å². The fraction of sp³-hybridized carbons (Fsp3) is 0.636. The molecule has 16 heavy (non-hydrogen) atoms. The minimum atomic E-state index is -0.372. The van der Waals surface area contributed by atoms with Gasteiger partial charge in [-0.3, -0.25) is 4.79 Å². The molecule has 0 bridgehead atoms. The van der Waals surface area contributed by atoms with Crippen molar-refractivity contribution in [3.63, 3.8) is 0 Å². The van der Waals surface area contributed by atoms with Crippen molar-refractivity contribution in [2.45, 2.75) is 33.7 Å². The van der Waals surface area contributed by atoms with Gasteiger partial charge in [0.15, 0.2) is 0 Å². The highest BCUT2D eigenvalue weighted by Crippen LogP contribution is 2.24. The number of carbonyl (C=O) groups is 1. The van der Waals surface area contributed by atoms with Crippen LogP contribution in [0.25, 0.3) is 0 Å². The second-order valence-corrected chi connectivity index (χ2v) is 5.55. The van der Waals surface area contributed by atoms with Gasteiger partial charge in [0.2, 0.25) is 11.8 Å². The number of rotatable bonds is 3. The van der Waals surface area contributed by atoms with Gasteiger partial charge in [0.05, 0.1) is 18.0 Å². The zero-order chi connectivity index (χ0) is 12.3. The highest BCUT2D eigenvalue weighted by Gasteiger charge is 2.23. The van der Waals surface area contributed by atoms with Gasteiger partial charge in [-0.05, 0) is 18.5 Å². The van der Waals surface area contributed by atoms with Crippen LogP contribution >= 0.6 is 11.5 Å². The van der Waals surface area contributed by atoms with E-state index in [9.17, 15) is 4.79 Å². The molecular weight excluding hydrogens is 224 g/mol. The Kier molecular flexibility index (Phi) is 3.91. The van der Waals surface area contributed by atoms with E-state index in [2.05, 4.69) is 9.69 Å². The van der Waals surface area contributed by atoms with Crippen LogP contribution in [0.15, 0.2) is 6.07 Å². The first-order valence-corrected chi connectivity index (χ1v) is 5.93. The van der Waals surface area contributed by atoms with Gasteiger partial charge in [-0.25, -0.2) is 0 Å². The number of hydrogen-bond acceptors (Lipinski definition) is 4. The van der Waals surface area contributed by atoms with Crippen LogP contribution in [0, 0.1) is 5.41 Å². The van der Waals surface area contributed by atoms with Crippen LogP contribution in [0.5, 0.6) is 5.88 Å². The molecule has 0 saturated heterocycles. The van der Waals surface area contributed by atoms with Crippen LogP contribution in [0.2, 0.25) is 0 Å². The molecule has 0 aromatic carbocycles. The number of nitrogens with zero attached hydrogens (tertiary/aromatic N) is 1. The van der Waals surface area contributed by atoms with E-state index >= 15 is 0 Å². The van der Waals surface area contributed by atoms with Crippen LogP contribution in [0.1, 0.15) is 38.6 Å². The lowest BCUT2D eigenvalue weighted by Crippen LogP contribution is -2.36. The Morgan fingerprint density at radius 3 is 2.62 bits per heavy atom. The Balaban J connectivity index is 2.65. The Labute approximate surface area is 100 Å². The second-order valence-electron chi connectivity index (χ2n) is 4.72. The fourth-order valence-electron chi connectivity index (χ4n) is 1.06. The van der Waals surface area contributed by atoms with Gasteiger partial charge in [0, 0.05) is 11.5 Å². The maximum absolute atomic E-state index is 11.8. The predicted molar refractivity (Wildman–Crippen MR) is 64.7 cm³/mol. The number of amides is 1. The molecule has 0 spiro atoms. The van der Waals surface area contributed by atoms with Crippen molar-refractivity contribution >= 4 is 17.4 Å². The third kappa shape index (κ3) is 3.20. The van der Waals surface area contributed by atoms with Crippen LogP contribution in [-0.4, -0.2) is 17.4 Å². The van der Waals surface area contributed by atoms with Gasteiger partial charge in [-0.1, -0.05) is 20.8 Å². The number of hydrogen-bond donors (Lipinski definition) is 1. The standard InChI is InChI=1S/C11H18N2O2S/c1-7(12-10(14)11(2,3)4)8-6-9(15-5)13-16-8/h6-7H,1-5H3,(H,12,14). The Hall–Kier alpha value is -1.10. The summed E-state index contributed by atoms with van der Waals surface area (Å²) in [6.45, 7) is 7.61. The minimum absolute atomic E-state index is 0.0341. The largest absolute Gasteiger partial charge is 0.480 e. The maximum atomic E-state index is 11.8. The van der Waals surface area contributed by atoms with E-state index in [1.165, 1.54) is 11.5 Å². The summed E-state index contributed by atoms with van der Waals surface area (Å²) in [6.07, 6.45) is 0. The number of methoxy groups -OCH3 is 1. The molecule has 0 saturated carbocycles. The highest BCUT2D eigenvalue weighted by atomic mass is 32.1. The van der Waals surface area contributed by atoms with Crippen molar-refractivity contribution in [3.05, 3.63) is 10.9 Å². The van der Waals surface area contributed by atoms with Gasteiger partial charge in [0.25, 0.3) is 0 Å². The molecular formula is C11H18N2O2S. The first-order valence-electron chi connectivity index (χ1n) is 5.16. The Morgan fingerprint density at radius 2 is 2.19 bits per heavy atom. The molecule has 1 rings (SSSR count). The molecule has 1 N–H and O–H groups in total. The van der Waals surface area contributed by atoms with E-state index < -0.39 is 0 Å². The average Bonchev–Trinajstić information content (AvgIpc) is 2.64. The molecule has 1 unspecified atom stereocenters. The van der Waals surface area contributed by atoms with Crippen LogP contribution < -0.4 is 10.1 Å². The first-order chi connectivity index (χ1) is 7.34. The molecule has 0 fully saturated rings. The molecule has 1 atom stereocenters. The third-order valence-electron chi connectivity index (χ3n) is 2.17.